The van der Waals surface area contributed by atoms with Crippen LogP contribution in [-0.4, -0.2) is 22.8 Å². The largest absolute Gasteiger partial charge is 0.497 e. The van der Waals surface area contributed by atoms with Crippen LogP contribution in [0.4, 0.5) is 5.69 Å². The van der Waals surface area contributed by atoms with Gasteiger partial charge in [0.05, 0.1) is 25.4 Å². The zero-order valence-electron chi connectivity index (χ0n) is 12.6. The van der Waals surface area contributed by atoms with Gasteiger partial charge in [-0.2, -0.15) is 5.10 Å². The topological polar surface area (TPSA) is 56.1 Å². The highest BCUT2D eigenvalue weighted by atomic mass is 35.5. The minimum Gasteiger partial charge on any atom is -0.497 e. The summed E-state index contributed by atoms with van der Waals surface area (Å²) in [5.74, 6) is 0.624. The average molecular weight is 330 g/mol. The summed E-state index contributed by atoms with van der Waals surface area (Å²) in [6, 6.07) is 12.9. The zero-order valence-corrected chi connectivity index (χ0v) is 13.4. The number of rotatable bonds is 5. The second-order valence-electron chi connectivity index (χ2n) is 5.10. The maximum Gasteiger partial charge on any atom is 0.226 e. The van der Waals surface area contributed by atoms with Gasteiger partial charge in [0.15, 0.2) is 0 Å². The lowest BCUT2D eigenvalue weighted by Crippen LogP contribution is -2.15. The van der Waals surface area contributed by atoms with Crippen LogP contribution in [0.3, 0.4) is 0 Å². The number of nitrogens with zero attached hydrogens (tertiary/aromatic N) is 2. The number of ether oxygens (including phenoxy) is 1. The SMILES string of the molecule is COc1cccc(NC(=O)CCn2ncc3ccc(Cl)cc32)c1. The van der Waals surface area contributed by atoms with Gasteiger partial charge in [-0.15, -0.1) is 0 Å². The van der Waals surface area contributed by atoms with Gasteiger partial charge in [-0.25, -0.2) is 0 Å². The van der Waals surface area contributed by atoms with Gasteiger partial charge in [-0.3, -0.25) is 9.48 Å². The maximum absolute atomic E-state index is 12.1. The number of hydrogen-bond acceptors (Lipinski definition) is 3. The summed E-state index contributed by atoms with van der Waals surface area (Å²) in [7, 11) is 1.59. The van der Waals surface area contributed by atoms with Crippen molar-refractivity contribution in [3.8, 4) is 5.75 Å². The fourth-order valence-electron chi connectivity index (χ4n) is 2.35. The molecule has 1 aromatic heterocycles. The van der Waals surface area contributed by atoms with Crippen molar-refractivity contribution < 1.29 is 9.53 Å². The van der Waals surface area contributed by atoms with E-state index in [0.717, 1.165) is 10.9 Å². The van der Waals surface area contributed by atoms with Crippen LogP contribution < -0.4 is 10.1 Å². The third kappa shape index (κ3) is 3.63. The molecule has 0 radical (unpaired) electrons. The van der Waals surface area contributed by atoms with E-state index in [1.54, 1.807) is 24.1 Å². The summed E-state index contributed by atoms with van der Waals surface area (Å²) in [5, 5.41) is 8.81. The predicted octanol–water partition coefficient (Wildman–Crippen LogP) is 3.73. The lowest BCUT2D eigenvalue weighted by atomic mass is 10.2. The molecular formula is C17H16ClN3O2. The number of fused-ring (bicyclic) bond motifs is 1. The van der Waals surface area contributed by atoms with Crippen molar-refractivity contribution in [1.82, 2.24) is 9.78 Å². The Kier molecular flexibility index (Phi) is 4.48. The molecule has 118 valence electrons. The van der Waals surface area contributed by atoms with E-state index in [0.29, 0.717) is 29.4 Å². The molecule has 1 heterocycles. The fourth-order valence-corrected chi connectivity index (χ4v) is 2.52. The molecule has 3 aromatic rings. The molecular weight excluding hydrogens is 314 g/mol. The van der Waals surface area contributed by atoms with Gasteiger partial charge in [-0.1, -0.05) is 17.7 Å². The van der Waals surface area contributed by atoms with E-state index in [1.807, 2.05) is 36.4 Å². The molecule has 0 aliphatic carbocycles. The highest BCUT2D eigenvalue weighted by Gasteiger charge is 2.07. The summed E-state index contributed by atoms with van der Waals surface area (Å²) < 4.78 is 6.92. The molecule has 0 atom stereocenters. The van der Waals surface area contributed by atoms with E-state index in [4.69, 9.17) is 16.3 Å². The molecule has 0 fully saturated rings. The molecule has 5 nitrogen and oxygen atoms in total. The average Bonchev–Trinajstić information content (AvgIpc) is 2.95. The predicted molar refractivity (Wildman–Crippen MR) is 91.0 cm³/mol. The van der Waals surface area contributed by atoms with E-state index < -0.39 is 0 Å². The number of hydrogen-bond donors (Lipinski definition) is 1. The number of halogens is 1. The highest BCUT2D eigenvalue weighted by molar-refractivity contribution is 6.31. The number of methoxy groups -OCH3 is 1. The Bertz CT molecular complexity index is 845. The molecule has 0 aliphatic heterocycles. The lowest BCUT2D eigenvalue weighted by Gasteiger charge is -2.07. The summed E-state index contributed by atoms with van der Waals surface area (Å²) in [6.07, 6.45) is 2.09. The first-order valence-corrected chi connectivity index (χ1v) is 7.58. The molecule has 23 heavy (non-hydrogen) atoms. The van der Waals surface area contributed by atoms with Crippen molar-refractivity contribution in [2.24, 2.45) is 0 Å². The third-order valence-corrected chi connectivity index (χ3v) is 3.75. The molecule has 0 spiro atoms. The first kappa shape index (κ1) is 15.4. The second-order valence-corrected chi connectivity index (χ2v) is 5.54. The van der Waals surface area contributed by atoms with Crippen LogP contribution in [0.1, 0.15) is 6.42 Å². The van der Waals surface area contributed by atoms with E-state index >= 15 is 0 Å². The van der Waals surface area contributed by atoms with E-state index in [9.17, 15) is 4.79 Å². The zero-order chi connectivity index (χ0) is 16.2. The number of aromatic nitrogens is 2. The number of aryl methyl sites for hydroxylation is 1. The maximum atomic E-state index is 12.1. The monoisotopic (exact) mass is 329 g/mol. The van der Waals surface area contributed by atoms with Crippen LogP contribution in [0.15, 0.2) is 48.7 Å². The van der Waals surface area contributed by atoms with Crippen LogP contribution in [0.2, 0.25) is 5.02 Å². The molecule has 6 heteroatoms. The smallest absolute Gasteiger partial charge is 0.226 e. The van der Waals surface area contributed by atoms with Crippen molar-refractivity contribution >= 4 is 34.1 Å². The normalized spacial score (nSPS) is 10.7. The molecule has 0 bridgehead atoms. The Hall–Kier alpha value is -2.53. The van der Waals surface area contributed by atoms with Crippen molar-refractivity contribution in [3.05, 3.63) is 53.7 Å². The number of nitrogens with one attached hydrogen (secondary N) is 1. The van der Waals surface area contributed by atoms with Crippen LogP contribution in [0, 0.1) is 0 Å². The molecule has 0 saturated heterocycles. The molecule has 0 aliphatic rings. The van der Waals surface area contributed by atoms with E-state index in [1.165, 1.54) is 0 Å². The Labute approximate surface area is 138 Å². The van der Waals surface area contributed by atoms with Crippen molar-refractivity contribution in [3.63, 3.8) is 0 Å². The Morgan fingerprint density at radius 2 is 2.17 bits per heavy atom. The van der Waals surface area contributed by atoms with Gasteiger partial charge in [0.2, 0.25) is 5.91 Å². The third-order valence-electron chi connectivity index (χ3n) is 3.51. The summed E-state index contributed by atoms with van der Waals surface area (Å²) in [6.45, 7) is 0.486. The first-order chi connectivity index (χ1) is 11.2. The molecule has 0 unspecified atom stereocenters. The fraction of sp³-hybridized carbons (Fsp3) is 0.176. The van der Waals surface area contributed by atoms with Gasteiger partial charge >= 0.3 is 0 Å². The molecule has 2 aromatic carbocycles. The van der Waals surface area contributed by atoms with Crippen LogP contribution >= 0.6 is 11.6 Å². The van der Waals surface area contributed by atoms with E-state index in [-0.39, 0.29) is 5.91 Å². The van der Waals surface area contributed by atoms with Crippen molar-refractivity contribution in [2.75, 3.05) is 12.4 Å². The van der Waals surface area contributed by atoms with Crippen LogP contribution in [0.5, 0.6) is 5.75 Å². The quantitative estimate of drug-likeness (QED) is 0.776. The van der Waals surface area contributed by atoms with E-state index in [2.05, 4.69) is 10.4 Å². The van der Waals surface area contributed by atoms with Crippen LogP contribution in [0.25, 0.3) is 10.9 Å². The summed E-state index contributed by atoms with van der Waals surface area (Å²) >= 11 is 6.01. The van der Waals surface area contributed by atoms with Gasteiger partial charge in [0.1, 0.15) is 5.75 Å². The number of benzene rings is 2. The Balaban J connectivity index is 1.65. The molecule has 1 N–H and O–H groups in total. The van der Waals surface area contributed by atoms with Crippen LogP contribution in [-0.2, 0) is 11.3 Å². The minimum atomic E-state index is -0.0797. The lowest BCUT2D eigenvalue weighted by molar-refractivity contribution is -0.116. The summed E-state index contributed by atoms with van der Waals surface area (Å²) in [4.78, 5) is 12.1. The number of amides is 1. The number of carbonyl (C=O) groups excluding carboxylic acids is 1. The van der Waals surface area contributed by atoms with Gasteiger partial charge in [-0.05, 0) is 30.3 Å². The first-order valence-electron chi connectivity index (χ1n) is 7.21. The van der Waals surface area contributed by atoms with Gasteiger partial charge in [0.25, 0.3) is 0 Å². The highest BCUT2D eigenvalue weighted by Crippen LogP contribution is 2.20. The number of carbonyl (C=O) groups is 1. The molecule has 1 amide bonds. The van der Waals surface area contributed by atoms with Crippen molar-refractivity contribution in [1.29, 1.82) is 0 Å². The van der Waals surface area contributed by atoms with Gasteiger partial charge < -0.3 is 10.1 Å². The Morgan fingerprint density at radius 3 is 3.00 bits per heavy atom. The minimum absolute atomic E-state index is 0.0797. The number of anilines is 1. The second kappa shape index (κ2) is 6.71. The van der Waals surface area contributed by atoms with Crippen molar-refractivity contribution in [2.45, 2.75) is 13.0 Å². The molecule has 3 rings (SSSR count). The standard InChI is InChI=1S/C17H16ClN3O2/c1-23-15-4-2-3-14(10-15)20-17(22)7-8-21-16-9-13(18)6-5-12(16)11-19-21/h2-6,9-11H,7-8H2,1H3,(H,20,22). The molecule has 0 saturated carbocycles. The summed E-state index contributed by atoms with van der Waals surface area (Å²) in [5.41, 5.74) is 1.63. The van der Waals surface area contributed by atoms with Gasteiger partial charge in [0, 0.05) is 28.6 Å². The Morgan fingerprint density at radius 1 is 1.30 bits per heavy atom.